The van der Waals surface area contributed by atoms with E-state index in [4.69, 9.17) is 4.52 Å². The van der Waals surface area contributed by atoms with E-state index in [1.807, 2.05) is 6.92 Å². The van der Waals surface area contributed by atoms with Crippen LogP contribution in [0.3, 0.4) is 0 Å². The number of hydrogen-bond donors (Lipinski definition) is 1. The number of hydrogen-bond acceptors (Lipinski definition) is 11. The number of hydrazone groups is 1. The van der Waals surface area contributed by atoms with Gasteiger partial charge < -0.3 is 19.2 Å². The van der Waals surface area contributed by atoms with E-state index in [0.29, 0.717) is 48.3 Å². The summed E-state index contributed by atoms with van der Waals surface area (Å²) in [6.07, 6.45) is -0.227. The molecular formula is C23H23BrF3N9O4. The Kier molecular flexibility index (Phi) is 7.73. The summed E-state index contributed by atoms with van der Waals surface area (Å²) in [5, 5.41) is 8.59. The first kappa shape index (κ1) is 27.5. The third-order valence-corrected chi connectivity index (χ3v) is 6.52. The quantitative estimate of drug-likeness (QED) is 0.328. The molecule has 0 fully saturated rings. The Bertz CT molecular complexity index is 1410. The lowest BCUT2D eigenvalue weighted by molar-refractivity contribution is -0.249. The number of halogens is 4. The third kappa shape index (κ3) is 5.50. The van der Waals surface area contributed by atoms with Crippen molar-refractivity contribution in [3.63, 3.8) is 0 Å². The molecule has 0 saturated heterocycles. The number of carbonyl (C=O) groups is 2. The molecule has 17 heteroatoms. The summed E-state index contributed by atoms with van der Waals surface area (Å²) in [5.41, 5.74) is 0.806. The van der Waals surface area contributed by atoms with Gasteiger partial charge in [-0.15, -0.1) is 5.10 Å². The number of aromatic amines is 1. The Balaban J connectivity index is 1.39. The molecule has 0 bridgehead atoms. The first-order valence-corrected chi connectivity index (χ1v) is 13.2. The molecule has 212 valence electrons. The number of nitrogens with one attached hydrogen (secondary N) is 1. The first-order chi connectivity index (χ1) is 19.2. The van der Waals surface area contributed by atoms with Crippen LogP contribution < -0.4 is 4.90 Å². The van der Waals surface area contributed by atoms with Crippen LogP contribution in [0.15, 0.2) is 38.9 Å². The topological polar surface area (TPSA) is 146 Å². The number of unbranched alkanes of at least 4 members (excludes halogenated alkanes) is 2. The molecule has 3 aromatic heterocycles. The number of amides is 1. The number of nitrogens with zero attached hydrogens (tertiary/aromatic N) is 8. The molecule has 2 aliphatic heterocycles. The molecule has 13 nitrogen and oxygen atoms in total. The minimum atomic E-state index is -5.26. The molecule has 0 spiro atoms. The zero-order chi connectivity index (χ0) is 28.4. The Morgan fingerprint density at radius 3 is 2.77 bits per heavy atom. The second-order valence-electron chi connectivity index (χ2n) is 8.95. The number of amidine groups is 1. The van der Waals surface area contributed by atoms with E-state index in [1.54, 1.807) is 29.4 Å². The minimum absolute atomic E-state index is 0.105. The molecule has 1 atom stereocenters. The van der Waals surface area contributed by atoms with E-state index < -0.39 is 24.3 Å². The van der Waals surface area contributed by atoms with Crippen molar-refractivity contribution in [2.75, 3.05) is 11.4 Å². The Morgan fingerprint density at radius 2 is 2.05 bits per heavy atom. The van der Waals surface area contributed by atoms with Crippen LogP contribution in [-0.2, 0) is 16.1 Å². The zero-order valence-electron chi connectivity index (χ0n) is 21.1. The maximum absolute atomic E-state index is 13.5. The molecule has 0 aliphatic carbocycles. The number of aromatic nitrogens is 5. The Labute approximate surface area is 233 Å². The molecule has 2 aliphatic rings. The van der Waals surface area contributed by atoms with Crippen molar-refractivity contribution >= 4 is 39.5 Å². The summed E-state index contributed by atoms with van der Waals surface area (Å²) >= 11 is 3.22. The van der Waals surface area contributed by atoms with Crippen LogP contribution in [0, 0.1) is 0 Å². The number of fused-ring (bicyclic) bond motifs is 2. The molecule has 0 radical (unpaired) electrons. The Morgan fingerprint density at radius 1 is 1.23 bits per heavy atom. The van der Waals surface area contributed by atoms with Gasteiger partial charge in [-0.3, -0.25) is 9.78 Å². The summed E-state index contributed by atoms with van der Waals surface area (Å²) in [6.45, 7) is 2.31. The number of alkyl halides is 3. The summed E-state index contributed by atoms with van der Waals surface area (Å²) in [7, 11) is 0. The highest BCUT2D eigenvalue weighted by Crippen LogP contribution is 2.37. The maximum atomic E-state index is 13.5. The Hall–Kier alpha value is -4.02. The van der Waals surface area contributed by atoms with Gasteiger partial charge in [-0.25, -0.2) is 14.7 Å². The maximum Gasteiger partial charge on any atom is 0.493 e. The zero-order valence-corrected chi connectivity index (χ0v) is 22.6. The van der Waals surface area contributed by atoms with Crippen molar-refractivity contribution in [3.05, 3.63) is 40.8 Å². The molecule has 5 rings (SSSR count). The SMILES string of the molecule is CCCCCN1c2nc(Br)[nH]c2C(=O)N2C(CCCc3nc(-c4cccnc4)no3)=NN(OC(=O)C(F)(F)F)C21. The second-order valence-corrected chi connectivity index (χ2v) is 9.70. The monoisotopic (exact) mass is 625 g/mol. The molecular weight excluding hydrogens is 603 g/mol. The fourth-order valence-corrected chi connectivity index (χ4v) is 4.71. The van der Waals surface area contributed by atoms with Gasteiger partial charge in [-0.1, -0.05) is 30.1 Å². The van der Waals surface area contributed by atoms with Crippen molar-refractivity contribution < 1.29 is 32.1 Å². The molecule has 40 heavy (non-hydrogen) atoms. The summed E-state index contributed by atoms with van der Waals surface area (Å²) < 4.78 is 44.9. The number of aryl methyl sites for hydroxylation is 1. The standard InChI is InChI=1S/C23H23BrF3N9O4/c1-2-3-4-11-34-18-16(30-21(24)31-18)19(37)35-14(32-36(22(34)35)40-20(38)23(25,26)27)8-5-9-15-29-17(33-39-15)13-7-6-10-28-12-13/h6-7,10,12,22H,2-5,8-9,11H2,1H3,(H,30,31). The number of rotatable bonds is 10. The number of H-pyrrole nitrogens is 1. The van der Waals surface area contributed by atoms with E-state index in [1.165, 1.54) is 4.90 Å². The summed E-state index contributed by atoms with van der Waals surface area (Å²) in [4.78, 5) is 48.2. The van der Waals surface area contributed by atoms with Crippen molar-refractivity contribution in [3.8, 4) is 11.4 Å². The minimum Gasteiger partial charge on any atom is -0.339 e. The predicted octanol–water partition coefficient (Wildman–Crippen LogP) is 4.03. The van der Waals surface area contributed by atoms with Gasteiger partial charge in [0.2, 0.25) is 18.0 Å². The number of pyridine rings is 1. The van der Waals surface area contributed by atoms with Crippen LogP contribution in [0.2, 0.25) is 0 Å². The van der Waals surface area contributed by atoms with Gasteiger partial charge in [0.15, 0.2) is 10.6 Å². The van der Waals surface area contributed by atoms with Crippen molar-refractivity contribution in [2.45, 2.75) is 57.9 Å². The number of hydroxylamine groups is 1. The van der Waals surface area contributed by atoms with Gasteiger partial charge in [-0.05, 0) is 40.9 Å². The highest BCUT2D eigenvalue weighted by atomic mass is 79.9. The van der Waals surface area contributed by atoms with Gasteiger partial charge >= 0.3 is 12.1 Å². The molecule has 1 unspecified atom stereocenters. The average Bonchev–Trinajstić information content (AvgIpc) is 3.64. The van der Waals surface area contributed by atoms with Gasteiger partial charge in [0.25, 0.3) is 5.91 Å². The fraction of sp³-hybridized carbons (Fsp3) is 0.435. The largest absolute Gasteiger partial charge is 0.493 e. The van der Waals surface area contributed by atoms with E-state index in [0.717, 1.165) is 12.8 Å². The third-order valence-electron chi connectivity index (χ3n) is 6.15. The van der Waals surface area contributed by atoms with Crippen LogP contribution in [0.5, 0.6) is 0 Å². The first-order valence-electron chi connectivity index (χ1n) is 12.4. The predicted molar refractivity (Wildman–Crippen MR) is 135 cm³/mol. The van der Waals surface area contributed by atoms with Gasteiger partial charge in [0.1, 0.15) is 11.5 Å². The van der Waals surface area contributed by atoms with Crippen LogP contribution >= 0.6 is 15.9 Å². The summed E-state index contributed by atoms with van der Waals surface area (Å²) in [6, 6.07) is 3.52. The van der Waals surface area contributed by atoms with Gasteiger partial charge in [-0.2, -0.15) is 18.2 Å². The highest BCUT2D eigenvalue weighted by Gasteiger charge is 2.52. The van der Waals surface area contributed by atoms with E-state index in [9.17, 15) is 22.8 Å². The van der Waals surface area contributed by atoms with E-state index in [-0.39, 0.29) is 28.5 Å². The van der Waals surface area contributed by atoms with Crippen molar-refractivity contribution in [1.82, 2.24) is 35.2 Å². The molecule has 0 aromatic carbocycles. The van der Waals surface area contributed by atoms with E-state index >= 15 is 0 Å². The molecule has 3 aromatic rings. The van der Waals surface area contributed by atoms with Gasteiger partial charge in [0.05, 0.1) is 0 Å². The van der Waals surface area contributed by atoms with Gasteiger partial charge in [0, 0.05) is 37.3 Å². The lowest BCUT2D eigenvalue weighted by Gasteiger charge is -2.40. The highest BCUT2D eigenvalue weighted by molar-refractivity contribution is 9.10. The van der Waals surface area contributed by atoms with E-state index in [2.05, 4.69) is 51.0 Å². The van der Waals surface area contributed by atoms with Crippen molar-refractivity contribution in [2.24, 2.45) is 5.10 Å². The molecule has 0 saturated carbocycles. The number of anilines is 1. The smallest absolute Gasteiger partial charge is 0.339 e. The molecule has 1 amide bonds. The van der Waals surface area contributed by atoms with Crippen LogP contribution in [-0.4, -0.2) is 71.9 Å². The van der Waals surface area contributed by atoms with Crippen LogP contribution in [0.25, 0.3) is 11.4 Å². The average molecular weight is 626 g/mol. The fourth-order valence-electron chi connectivity index (χ4n) is 4.34. The summed E-state index contributed by atoms with van der Waals surface area (Å²) in [5.74, 6) is -2.04. The lowest BCUT2D eigenvalue weighted by Crippen LogP contribution is -2.60. The lowest BCUT2D eigenvalue weighted by atomic mass is 10.1. The molecule has 5 heterocycles. The van der Waals surface area contributed by atoms with Crippen LogP contribution in [0.1, 0.15) is 55.4 Å². The second kappa shape index (κ2) is 11.2. The van der Waals surface area contributed by atoms with Crippen molar-refractivity contribution in [1.29, 1.82) is 0 Å². The molecule has 1 N–H and O–H groups in total. The van der Waals surface area contributed by atoms with Crippen LogP contribution in [0.4, 0.5) is 19.0 Å². The normalized spacial score (nSPS) is 16.7. The number of carbonyl (C=O) groups excluding carboxylic acids is 2. The number of imidazole rings is 1.